The molecular weight excluding hydrogens is 167 g/mol. The van der Waals surface area contributed by atoms with Crippen LogP contribution in [0.2, 0.25) is 0 Å². The molecule has 1 aliphatic rings. The van der Waals surface area contributed by atoms with Gasteiger partial charge in [0, 0.05) is 0 Å². The SMILES string of the molecule is CCc1cc(F)c2c(c1)CCCO2. The maximum atomic E-state index is 13.4. The number of ether oxygens (including phenoxy) is 1. The van der Waals surface area contributed by atoms with Crippen LogP contribution in [-0.4, -0.2) is 6.61 Å². The molecule has 0 saturated carbocycles. The van der Waals surface area contributed by atoms with Gasteiger partial charge in [0.05, 0.1) is 6.61 Å². The molecule has 0 aromatic heterocycles. The zero-order valence-electron chi connectivity index (χ0n) is 7.77. The number of aryl methyl sites for hydroxylation is 2. The first-order valence-corrected chi connectivity index (χ1v) is 4.75. The van der Waals surface area contributed by atoms with Crippen LogP contribution in [0.4, 0.5) is 4.39 Å². The third-order valence-corrected chi connectivity index (χ3v) is 2.43. The molecule has 1 nitrogen and oxygen atoms in total. The molecule has 2 heteroatoms. The topological polar surface area (TPSA) is 9.23 Å². The molecule has 2 rings (SSSR count). The van der Waals surface area contributed by atoms with Gasteiger partial charge in [-0.05, 0) is 36.5 Å². The molecule has 0 saturated heterocycles. The summed E-state index contributed by atoms with van der Waals surface area (Å²) in [4.78, 5) is 0. The second-order valence-electron chi connectivity index (χ2n) is 3.37. The second kappa shape index (κ2) is 3.36. The number of hydrogen-bond donors (Lipinski definition) is 0. The van der Waals surface area contributed by atoms with Gasteiger partial charge < -0.3 is 4.74 Å². The summed E-state index contributed by atoms with van der Waals surface area (Å²) >= 11 is 0. The van der Waals surface area contributed by atoms with Crippen molar-refractivity contribution in [3.63, 3.8) is 0 Å². The lowest BCUT2D eigenvalue weighted by Crippen LogP contribution is -2.10. The van der Waals surface area contributed by atoms with E-state index in [0.29, 0.717) is 12.4 Å². The van der Waals surface area contributed by atoms with Crippen LogP contribution in [0.5, 0.6) is 5.75 Å². The maximum Gasteiger partial charge on any atom is 0.165 e. The van der Waals surface area contributed by atoms with Gasteiger partial charge in [0.2, 0.25) is 0 Å². The summed E-state index contributed by atoms with van der Waals surface area (Å²) < 4.78 is 18.7. The van der Waals surface area contributed by atoms with Crippen molar-refractivity contribution in [2.24, 2.45) is 0 Å². The standard InChI is InChI=1S/C11H13FO/c1-2-8-6-9-4-3-5-13-11(9)10(12)7-8/h6-7H,2-5H2,1H3. The average Bonchev–Trinajstić information content (AvgIpc) is 2.18. The molecule has 0 fully saturated rings. The van der Waals surface area contributed by atoms with Crippen LogP contribution in [-0.2, 0) is 12.8 Å². The summed E-state index contributed by atoms with van der Waals surface area (Å²) in [6.07, 6.45) is 2.82. The van der Waals surface area contributed by atoms with Gasteiger partial charge in [-0.25, -0.2) is 4.39 Å². The number of fused-ring (bicyclic) bond motifs is 1. The quantitative estimate of drug-likeness (QED) is 0.645. The molecule has 0 radical (unpaired) electrons. The van der Waals surface area contributed by atoms with Gasteiger partial charge in [0.1, 0.15) is 0 Å². The number of rotatable bonds is 1. The van der Waals surface area contributed by atoms with E-state index in [1.807, 2.05) is 6.92 Å². The van der Waals surface area contributed by atoms with E-state index in [-0.39, 0.29) is 5.82 Å². The lowest BCUT2D eigenvalue weighted by atomic mass is 10.0. The normalized spacial score (nSPS) is 14.9. The summed E-state index contributed by atoms with van der Waals surface area (Å²) in [5, 5.41) is 0. The largest absolute Gasteiger partial charge is 0.490 e. The zero-order chi connectivity index (χ0) is 9.26. The highest BCUT2D eigenvalue weighted by Gasteiger charge is 2.15. The van der Waals surface area contributed by atoms with E-state index in [9.17, 15) is 4.39 Å². The van der Waals surface area contributed by atoms with Gasteiger partial charge in [-0.2, -0.15) is 0 Å². The first kappa shape index (κ1) is 8.54. The van der Waals surface area contributed by atoms with Crippen molar-refractivity contribution >= 4 is 0 Å². The molecule has 0 spiro atoms. The van der Waals surface area contributed by atoms with Crippen LogP contribution in [0, 0.1) is 5.82 Å². The third kappa shape index (κ3) is 1.53. The van der Waals surface area contributed by atoms with Crippen LogP contribution in [0.25, 0.3) is 0 Å². The molecule has 0 atom stereocenters. The average molecular weight is 180 g/mol. The summed E-state index contributed by atoms with van der Waals surface area (Å²) in [5.41, 5.74) is 2.09. The zero-order valence-corrected chi connectivity index (χ0v) is 7.77. The van der Waals surface area contributed by atoms with Crippen LogP contribution >= 0.6 is 0 Å². The van der Waals surface area contributed by atoms with E-state index in [0.717, 1.165) is 30.4 Å². The van der Waals surface area contributed by atoms with E-state index >= 15 is 0 Å². The smallest absolute Gasteiger partial charge is 0.165 e. The molecule has 13 heavy (non-hydrogen) atoms. The summed E-state index contributed by atoms with van der Waals surface area (Å²) in [5.74, 6) is 0.275. The van der Waals surface area contributed by atoms with Crippen LogP contribution < -0.4 is 4.74 Å². The first-order chi connectivity index (χ1) is 6.31. The van der Waals surface area contributed by atoms with E-state index in [4.69, 9.17) is 4.74 Å². The predicted molar refractivity (Wildman–Crippen MR) is 49.6 cm³/mol. The Morgan fingerprint density at radius 1 is 1.46 bits per heavy atom. The Labute approximate surface area is 77.5 Å². The van der Waals surface area contributed by atoms with Crippen molar-refractivity contribution in [2.45, 2.75) is 26.2 Å². The molecule has 70 valence electrons. The first-order valence-electron chi connectivity index (χ1n) is 4.75. The van der Waals surface area contributed by atoms with Gasteiger partial charge >= 0.3 is 0 Å². The Kier molecular flexibility index (Phi) is 2.21. The Balaban J connectivity index is 2.47. The van der Waals surface area contributed by atoms with E-state index in [1.165, 1.54) is 0 Å². The summed E-state index contributed by atoms with van der Waals surface area (Å²) in [6, 6.07) is 3.63. The Morgan fingerprint density at radius 3 is 3.08 bits per heavy atom. The van der Waals surface area contributed by atoms with Crippen molar-refractivity contribution in [3.05, 3.63) is 29.1 Å². The van der Waals surface area contributed by atoms with Crippen molar-refractivity contribution in [1.29, 1.82) is 0 Å². The minimum absolute atomic E-state index is 0.200. The molecule has 1 aromatic carbocycles. The molecule has 1 aromatic rings. The Hall–Kier alpha value is -1.05. The highest BCUT2D eigenvalue weighted by Crippen LogP contribution is 2.29. The fraction of sp³-hybridized carbons (Fsp3) is 0.455. The molecule has 1 aliphatic heterocycles. The molecule has 0 N–H and O–H groups in total. The van der Waals surface area contributed by atoms with Crippen molar-refractivity contribution in [1.82, 2.24) is 0 Å². The van der Waals surface area contributed by atoms with Crippen molar-refractivity contribution in [3.8, 4) is 5.75 Å². The fourth-order valence-electron chi connectivity index (χ4n) is 1.70. The highest BCUT2D eigenvalue weighted by atomic mass is 19.1. The molecule has 0 amide bonds. The van der Waals surface area contributed by atoms with E-state index < -0.39 is 0 Å². The number of halogens is 1. The van der Waals surface area contributed by atoms with Crippen molar-refractivity contribution < 1.29 is 9.13 Å². The van der Waals surface area contributed by atoms with Gasteiger partial charge in [-0.15, -0.1) is 0 Å². The molecule has 0 unspecified atom stereocenters. The van der Waals surface area contributed by atoms with Gasteiger partial charge in [-0.3, -0.25) is 0 Å². The van der Waals surface area contributed by atoms with Crippen molar-refractivity contribution in [2.75, 3.05) is 6.61 Å². The number of benzene rings is 1. The van der Waals surface area contributed by atoms with Crippen LogP contribution in [0.1, 0.15) is 24.5 Å². The monoisotopic (exact) mass is 180 g/mol. The summed E-state index contributed by atoms with van der Waals surface area (Å²) in [7, 11) is 0. The third-order valence-electron chi connectivity index (χ3n) is 2.43. The molecule has 0 aliphatic carbocycles. The van der Waals surface area contributed by atoms with Gasteiger partial charge in [0.25, 0.3) is 0 Å². The number of hydrogen-bond acceptors (Lipinski definition) is 1. The molecular formula is C11H13FO. The van der Waals surface area contributed by atoms with E-state index in [2.05, 4.69) is 6.07 Å². The highest BCUT2D eigenvalue weighted by molar-refractivity contribution is 5.40. The predicted octanol–water partition coefficient (Wildman–Crippen LogP) is 2.71. The summed E-state index contributed by atoms with van der Waals surface area (Å²) in [6.45, 7) is 2.68. The van der Waals surface area contributed by atoms with Crippen LogP contribution in [0.3, 0.4) is 0 Å². The minimum Gasteiger partial charge on any atom is -0.490 e. The lowest BCUT2D eigenvalue weighted by Gasteiger charge is -2.18. The molecule has 1 heterocycles. The Morgan fingerprint density at radius 2 is 2.31 bits per heavy atom. The Bertz CT molecular complexity index is 320. The maximum absolute atomic E-state index is 13.4. The van der Waals surface area contributed by atoms with Gasteiger partial charge in [0.15, 0.2) is 11.6 Å². The van der Waals surface area contributed by atoms with E-state index in [1.54, 1.807) is 6.07 Å². The van der Waals surface area contributed by atoms with Gasteiger partial charge in [-0.1, -0.05) is 13.0 Å². The second-order valence-corrected chi connectivity index (χ2v) is 3.37. The van der Waals surface area contributed by atoms with Crippen LogP contribution in [0.15, 0.2) is 12.1 Å². The lowest BCUT2D eigenvalue weighted by molar-refractivity contribution is 0.273. The minimum atomic E-state index is -0.200. The molecule has 0 bridgehead atoms. The fourth-order valence-corrected chi connectivity index (χ4v) is 1.70.